The molecular formula is C22H29NO. The summed E-state index contributed by atoms with van der Waals surface area (Å²) in [6.07, 6.45) is 6.60. The average molecular weight is 323 g/mol. The summed E-state index contributed by atoms with van der Waals surface area (Å²) >= 11 is 0. The SMILES string of the molecule is CCCC(CC)c1ccc(C)n(C2CCCc3ccccc32)c1=O. The molecule has 1 aliphatic carbocycles. The second kappa shape index (κ2) is 7.38. The van der Waals surface area contributed by atoms with E-state index in [0.717, 1.165) is 49.8 Å². The fraction of sp³-hybridized carbons (Fsp3) is 0.500. The van der Waals surface area contributed by atoms with Crippen LogP contribution in [0.15, 0.2) is 41.2 Å². The summed E-state index contributed by atoms with van der Waals surface area (Å²) in [5.74, 6) is 0.383. The fourth-order valence-electron chi connectivity index (χ4n) is 4.28. The molecule has 1 heterocycles. The topological polar surface area (TPSA) is 22.0 Å². The summed E-state index contributed by atoms with van der Waals surface area (Å²) in [6.45, 7) is 6.47. The van der Waals surface area contributed by atoms with E-state index in [4.69, 9.17) is 0 Å². The number of benzene rings is 1. The molecule has 0 radical (unpaired) electrons. The fourth-order valence-corrected chi connectivity index (χ4v) is 4.28. The van der Waals surface area contributed by atoms with Gasteiger partial charge in [0, 0.05) is 11.3 Å². The van der Waals surface area contributed by atoms with Crippen LogP contribution in [0.2, 0.25) is 0 Å². The largest absolute Gasteiger partial charge is 0.305 e. The second-order valence-electron chi connectivity index (χ2n) is 7.11. The lowest BCUT2D eigenvalue weighted by Crippen LogP contribution is -2.32. The summed E-state index contributed by atoms with van der Waals surface area (Å²) in [5.41, 5.74) is 5.07. The van der Waals surface area contributed by atoms with E-state index in [1.165, 1.54) is 11.1 Å². The van der Waals surface area contributed by atoms with Crippen molar-refractivity contribution in [3.63, 3.8) is 0 Å². The van der Waals surface area contributed by atoms with Crippen LogP contribution >= 0.6 is 0 Å². The Bertz CT molecular complexity index is 759. The van der Waals surface area contributed by atoms with Gasteiger partial charge in [0.05, 0.1) is 6.04 Å². The molecule has 1 aromatic heterocycles. The standard InChI is InChI=1S/C22H29NO/c1-4-9-17(5-2)20-15-14-16(3)23(22(20)24)21-13-8-11-18-10-6-7-12-19(18)21/h6-7,10,12,14-15,17,21H,4-5,8-9,11,13H2,1-3H3. The van der Waals surface area contributed by atoms with Crippen LogP contribution in [-0.4, -0.2) is 4.57 Å². The third-order valence-electron chi connectivity index (χ3n) is 5.57. The van der Waals surface area contributed by atoms with Crippen molar-refractivity contribution in [3.8, 4) is 0 Å². The number of aryl methyl sites for hydroxylation is 2. The van der Waals surface area contributed by atoms with Gasteiger partial charge in [-0.3, -0.25) is 4.79 Å². The summed E-state index contributed by atoms with van der Waals surface area (Å²) in [7, 11) is 0. The van der Waals surface area contributed by atoms with Crippen molar-refractivity contribution in [1.82, 2.24) is 4.57 Å². The molecule has 0 saturated heterocycles. The average Bonchev–Trinajstić information content (AvgIpc) is 2.60. The first-order valence-corrected chi connectivity index (χ1v) is 9.47. The lowest BCUT2D eigenvalue weighted by atomic mass is 9.86. The normalized spacial score (nSPS) is 18.2. The monoisotopic (exact) mass is 323 g/mol. The Kier molecular flexibility index (Phi) is 5.23. The highest BCUT2D eigenvalue weighted by Gasteiger charge is 2.25. The minimum atomic E-state index is 0.196. The Morgan fingerprint density at radius 3 is 2.71 bits per heavy atom. The maximum atomic E-state index is 13.3. The molecule has 2 aromatic rings. The van der Waals surface area contributed by atoms with Crippen molar-refractivity contribution >= 4 is 0 Å². The highest BCUT2D eigenvalue weighted by atomic mass is 16.1. The zero-order chi connectivity index (χ0) is 17.1. The molecule has 128 valence electrons. The quantitative estimate of drug-likeness (QED) is 0.724. The van der Waals surface area contributed by atoms with Crippen molar-refractivity contribution in [2.45, 2.75) is 71.3 Å². The Hall–Kier alpha value is -1.83. The molecule has 0 N–H and O–H groups in total. The van der Waals surface area contributed by atoms with Gasteiger partial charge in [-0.1, -0.05) is 50.6 Å². The molecule has 2 nitrogen and oxygen atoms in total. The summed E-state index contributed by atoms with van der Waals surface area (Å²) in [5, 5.41) is 0. The number of aromatic nitrogens is 1. The molecule has 3 rings (SSSR count). The number of hydrogen-bond acceptors (Lipinski definition) is 1. The van der Waals surface area contributed by atoms with Crippen LogP contribution in [0.3, 0.4) is 0 Å². The zero-order valence-corrected chi connectivity index (χ0v) is 15.2. The Morgan fingerprint density at radius 1 is 1.17 bits per heavy atom. The molecule has 0 saturated carbocycles. The minimum absolute atomic E-state index is 0.196. The predicted molar refractivity (Wildman–Crippen MR) is 101 cm³/mol. The number of hydrogen-bond donors (Lipinski definition) is 0. The van der Waals surface area contributed by atoms with E-state index >= 15 is 0 Å². The van der Waals surface area contributed by atoms with E-state index < -0.39 is 0 Å². The maximum Gasteiger partial charge on any atom is 0.254 e. The van der Waals surface area contributed by atoms with Crippen LogP contribution in [0.4, 0.5) is 0 Å². The van der Waals surface area contributed by atoms with Crippen molar-refractivity contribution in [3.05, 3.63) is 69.1 Å². The van der Waals surface area contributed by atoms with Crippen LogP contribution in [0.5, 0.6) is 0 Å². The Labute approximate surface area is 145 Å². The first-order chi connectivity index (χ1) is 11.7. The molecule has 0 aliphatic heterocycles. The molecule has 2 unspecified atom stereocenters. The van der Waals surface area contributed by atoms with E-state index in [2.05, 4.69) is 61.7 Å². The first-order valence-electron chi connectivity index (χ1n) is 9.47. The van der Waals surface area contributed by atoms with Gasteiger partial charge in [0.25, 0.3) is 5.56 Å². The smallest absolute Gasteiger partial charge is 0.254 e. The van der Waals surface area contributed by atoms with E-state index in [1.807, 2.05) is 0 Å². The molecule has 24 heavy (non-hydrogen) atoms. The predicted octanol–water partition coefficient (Wildman–Crippen LogP) is 5.38. The molecule has 1 aromatic carbocycles. The van der Waals surface area contributed by atoms with Crippen LogP contribution in [0, 0.1) is 6.92 Å². The summed E-state index contributed by atoms with van der Waals surface area (Å²) in [4.78, 5) is 13.3. The third kappa shape index (κ3) is 3.07. The molecule has 0 bridgehead atoms. The molecule has 0 spiro atoms. The van der Waals surface area contributed by atoms with Crippen LogP contribution < -0.4 is 5.56 Å². The lowest BCUT2D eigenvalue weighted by Gasteiger charge is -2.29. The van der Waals surface area contributed by atoms with Crippen molar-refractivity contribution < 1.29 is 0 Å². The van der Waals surface area contributed by atoms with Crippen LogP contribution in [0.25, 0.3) is 0 Å². The van der Waals surface area contributed by atoms with Gasteiger partial charge in [-0.2, -0.15) is 0 Å². The number of nitrogens with zero attached hydrogens (tertiary/aromatic N) is 1. The van der Waals surface area contributed by atoms with E-state index in [9.17, 15) is 4.79 Å². The number of fused-ring (bicyclic) bond motifs is 1. The van der Waals surface area contributed by atoms with Gasteiger partial charge in [-0.15, -0.1) is 0 Å². The molecule has 1 aliphatic rings. The summed E-state index contributed by atoms with van der Waals surface area (Å²) < 4.78 is 2.08. The molecule has 2 heteroatoms. The second-order valence-corrected chi connectivity index (χ2v) is 7.11. The van der Waals surface area contributed by atoms with Gasteiger partial charge < -0.3 is 4.57 Å². The van der Waals surface area contributed by atoms with Crippen molar-refractivity contribution in [2.24, 2.45) is 0 Å². The van der Waals surface area contributed by atoms with Crippen LogP contribution in [0.1, 0.15) is 80.3 Å². The highest BCUT2D eigenvalue weighted by molar-refractivity contribution is 5.34. The molecular weight excluding hydrogens is 294 g/mol. The summed E-state index contributed by atoms with van der Waals surface area (Å²) in [6, 6.07) is 13.1. The lowest BCUT2D eigenvalue weighted by molar-refractivity contribution is 0.462. The zero-order valence-electron chi connectivity index (χ0n) is 15.2. The maximum absolute atomic E-state index is 13.3. The van der Waals surface area contributed by atoms with Gasteiger partial charge in [-0.25, -0.2) is 0 Å². The van der Waals surface area contributed by atoms with Gasteiger partial charge in [0.2, 0.25) is 0 Å². The number of rotatable bonds is 5. The molecule has 0 fully saturated rings. The van der Waals surface area contributed by atoms with Gasteiger partial charge in [0.15, 0.2) is 0 Å². The first kappa shape index (κ1) is 17.0. The number of pyridine rings is 1. The van der Waals surface area contributed by atoms with Crippen molar-refractivity contribution in [1.29, 1.82) is 0 Å². The van der Waals surface area contributed by atoms with Gasteiger partial charge in [-0.05, 0) is 62.1 Å². The van der Waals surface area contributed by atoms with E-state index in [0.29, 0.717) is 5.92 Å². The van der Waals surface area contributed by atoms with Gasteiger partial charge >= 0.3 is 0 Å². The Morgan fingerprint density at radius 2 is 1.96 bits per heavy atom. The third-order valence-corrected chi connectivity index (χ3v) is 5.57. The van der Waals surface area contributed by atoms with Crippen LogP contribution in [-0.2, 0) is 6.42 Å². The van der Waals surface area contributed by atoms with E-state index in [1.54, 1.807) is 0 Å². The van der Waals surface area contributed by atoms with E-state index in [-0.39, 0.29) is 11.6 Å². The van der Waals surface area contributed by atoms with Crippen molar-refractivity contribution in [2.75, 3.05) is 0 Å². The molecule has 2 atom stereocenters. The Balaban J connectivity index is 2.11. The van der Waals surface area contributed by atoms with Gasteiger partial charge in [0.1, 0.15) is 0 Å². The molecule has 0 amide bonds. The highest BCUT2D eigenvalue weighted by Crippen LogP contribution is 2.33. The minimum Gasteiger partial charge on any atom is -0.305 e.